The Kier molecular flexibility index (Phi) is 7.22. The van der Waals surface area contributed by atoms with E-state index < -0.39 is 0 Å². The Hall–Kier alpha value is -3.71. The number of phenolic OH excluding ortho intramolecular Hbond substituents is 1. The minimum absolute atomic E-state index is 0.0115. The number of rotatable bonds is 8. The van der Waals surface area contributed by atoms with Gasteiger partial charge in [0.15, 0.2) is 0 Å². The van der Waals surface area contributed by atoms with Gasteiger partial charge in [0.05, 0.1) is 17.1 Å². The van der Waals surface area contributed by atoms with Gasteiger partial charge in [-0.15, -0.1) is 0 Å². The smallest absolute Gasteiger partial charge is 0.224 e. The number of carbonyl (C=O) groups excluding carboxylic acids is 1. The molecule has 0 aliphatic heterocycles. The molecule has 8 N–H and O–H groups in total. The van der Waals surface area contributed by atoms with E-state index in [0.29, 0.717) is 46.2 Å². The van der Waals surface area contributed by atoms with Crippen LogP contribution in [0.2, 0.25) is 5.02 Å². The summed E-state index contributed by atoms with van der Waals surface area (Å²) < 4.78 is 0. The van der Waals surface area contributed by atoms with Crippen LogP contribution in [-0.4, -0.2) is 23.4 Å². The van der Waals surface area contributed by atoms with Crippen LogP contribution in [0.3, 0.4) is 0 Å². The van der Waals surface area contributed by atoms with Crippen LogP contribution in [0.1, 0.15) is 23.6 Å². The van der Waals surface area contributed by atoms with E-state index in [0.717, 1.165) is 11.1 Å². The van der Waals surface area contributed by atoms with E-state index in [1.807, 2.05) is 13.0 Å². The Morgan fingerprint density at radius 1 is 1.16 bits per heavy atom. The lowest BCUT2D eigenvalue weighted by molar-refractivity contribution is -0.120. The van der Waals surface area contributed by atoms with Crippen molar-refractivity contribution in [2.75, 3.05) is 17.6 Å². The van der Waals surface area contributed by atoms with Crippen LogP contribution in [-0.2, 0) is 17.8 Å². The number of benzene rings is 3. The SMILES string of the molecule is CCNc1cc(Cl)c(-c2cccc(N)c2)c(CC(=O)NCc2ccc(C(=N)N)cc2)c1O. The fourth-order valence-electron chi connectivity index (χ4n) is 3.42. The Balaban J connectivity index is 1.87. The zero-order chi connectivity index (χ0) is 23.3. The summed E-state index contributed by atoms with van der Waals surface area (Å²) in [5.74, 6) is -0.303. The van der Waals surface area contributed by atoms with Crippen molar-refractivity contribution in [2.24, 2.45) is 5.73 Å². The molecule has 0 saturated heterocycles. The summed E-state index contributed by atoms with van der Waals surface area (Å²) in [5, 5.41) is 24.7. The van der Waals surface area contributed by atoms with Gasteiger partial charge in [-0.1, -0.05) is 48.0 Å². The highest BCUT2D eigenvalue weighted by Crippen LogP contribution is 2.42. The van der Waals surface area contributed by atoms with Crippen LogP contribution in [0.15, 0.2) is 54.6 Å². The van der Waals surface area contributed by atoms with E-state index in [9.17, 15) is 9.90 Å². The molecule has 0 atom stereocenters. The Morgan fingerprint density at radius 2 is 1.88 bits per heavy atom. The van der Waals surface area contributed by atoms with Crippen molar-refractivity contribution in [1.82, 2.24) is 5.32 Å². The quantitative estimate of drug-likeness (QED) is 0.134. The third-order valence-electron chi connectivity index (χ3n) is 4.99. The maximum Gasteiger partial charge on any atom is 0.224 e. The average molecular weight is 452 g/mol. The normalized spacial score (nSPS) is 10.6. The first kappa shape index (κ1) is 23.0. The molecule has 0 radical (unpaired) electrons. The number of anilines is 2. The minimum Gasteiger partial charge on any atom is -0.505 e. The third-order valence-corrected chi connectivity index (χ3v) is 5.29. The first-order valence-corrected chi connectivity index (χ1v) is 10.5. The Morgan fingerprint density at radius 3 is 2.50 bits per heavy atom. The molecule has 0 aliphatic carbocycles. The molecule has 166 valence electrons. The molecular weight excluding hydrogens is 426 g/mol. The second-order valence-electron chi connectivity index (χ2n) is 7.33. The molecule has 0 unspecified atom stereocenters. The van der Waals surface area contributed by atoms with E-state index in [-0.39, 0.29) is 23.9 Å². The number of nitrogens with two attached hydrogens (primary N) is 2. The maximum absolute atomic E-state index is 12.8. The second kappa shape index (κ2) is 10.1. The summed E-state index contributed by atoms with van der Waals surface area (Å²) in [6.07, 6.45) is -0.0690. The number of nitrogen functional groups attached to an aromatic ring is 2. The number of aromatic hydroxyl groups is 1. The largest absolute Gasteiger partial charge is 0.505 e. The number of hydrogen-bond donors (Lipinski definition) is 6. The molecule has 1 amide bonds. The van der Waals surface area contributed by atoms with E-state index in [1.165, 1.54) is 0 Å². The predicted octanol–water partition coefficient (Wildman–Crippen LogP) is 3.87. The standard InChI is InChI=1S/C24H26ClN5O2/c1-2-29-20-12-19(25)22(16-4-3-5-17(26)10-16)18(23(20)32)11-21(31)30-13-14-6-8-15(9-7-14)24(27)28/h3-10,12,29,32H,2,11,13,26H2,1H3,(H3,27,28)(H,30,31). The van der Waals surface area contributed by atoms with Gasteiger partial charge in [-0.3, -0.25) is 10.2 Å². The van der Waals surface area contributed by atoms with Gasteiger partial charge in [-0.25, -0.2) is 0 Å². The monoisotopic (exact) mass is 451 g/mol. The van der Waals surface area contributed by atoms with Crippen molar-refractivity contribution < 1.29 is 9.90 Å². The van der Waals surface area contributed by atoms with Crippen molar-refractivity contribution in [3.05, 3.63) is 76.3 Å². The average Bonchev–Trinajstić information content (AvgIpc) is 2.76. The summed E-state index contributed by atoms with van der Waals surface area (Å²) in [6.45, 7) is 2.79. The minimum atomic E-state index is -0.272. The second-order valence-corrected chi connectivity index (χ2v) is 7.74. The summed E-state index contributed by atoms with van der Waals surface area (Å²) in [6, 6.07) is 15.9. The van der Waals surface area contributed by atoms with Gasteiger partial charge < -0.3 is 27.2 Å². The number of phenols is 1. The van der Waals surface area contributed by atoms with Crippen molar-refractivity contribution >= 4 is 34.7 Å². The highest BCUT2D eigenvalue weighted by molar-refractivity contribution is 6.34. The first-order chi connectivity index (χ1) is 15.3. The number of carbonyl (C=O) groups is 1. The predicted molar refractivity (Wildman–Crippen MR) is 130 cm³/mol. The highest BCUT2D eigenvalue weighted by atomic mass is 35.5. The fourth-order valence-corrected chi connectivity index (χ4v) is 3.75. The number of halogens is 1. The molecule has 32 heavy (non-hydrogen) atoms. The molecule has 7 nitrogen and oxygen atoms in total. The van der Waals surface area contributed by atoms with Gasteiger partial charge in [0.25, 0.3) is 0 Å². The molecule has 0 saturated carbocycles. The maximum atomic E-state index is 12.8. The molecule has 0 aliphatic rings. The highest BCUT2D eigenvalue weighted by Gasteiger charge is 2.20. The lowest BCUT2D eigenvalue weighted by Gasteiger charge is -2.18. The molecular formula is C24H26ClN5O2. The molecule has 0 aromatic heterocycles. The van der Waals surface area contributed by atoms with Gasteiger partial charge in [0.2, 0.25) is 5.91 Å². The van der Waals surface area contributed by atoms with Crippen LogP contribution in [0.25, 0.3) is 11.1 Å². The Bertz CT molecular complexity index is 1150. The van der Waals surface area contributed by atoms with E-state index in [4.69, 9.17) is 28.5 Å². The molecule has 3 rings (SSSR count). The zero-order valence-electron chi connectivity index (χ0n) is 17.7. The molecule has 0 heterocycles. The summed E-state index contributed by atoms with van der Waals surface area (Å²) >= 11 is 6.57. The van der Waals surface area contributed by atoms with Crippen LogP contribution >= 0.6 is 11.6 Å². The topological polar surface area (TPSA) is 137 Å². The van der Waals surface area contributed by atoms with Crippen LogP contribution in [0.5, 0.6) is 5.75 Å². The summed E-state index contributed by atoms with van der Waals surface area (Å²) in [4.78, 5) is 12.8. The summed E-state index contributed by atoms with van der Waals surface area (Å²) in [7, 11) is 0. The molecule has 0 spiro atoms. The van der Waals surface area contributed by atoms with Crippen LogP contribution < -0.4 is 22.1 Å². The van der Waals surface area contributed by atoms with Gasteiger partial charge >= 0.3 is 0 Å². The number of amides is 1. The van der Waals surface area contributed by atoms with Gasteiger partial charge in [-0.2, -0.15) is 0 Å². The zero-order valence-corrected chi connectivity index (χ0v) is 18.5. The number of amidine groups is 1. The van der Waals surface area contributed by atoms with E-state index in [1.54, 1.807) is 48.5 Å². The lowest BCUT2D eigenvalue weighted by Crippen LogP contribution is -2.25. The number of nitrogens with one attached hydrogen (secondary N) is 3. The molecule has 8 heteroatoms. The van der Waals surface area contributed by atoms with Crippen LogP contribution in [0, 0.1) is 5.41 Å². The molecule has 3 aromatic rings. The van der Waals surface area contributed by atoms with Gasteiger partial charge in [0, 0.05) is 35.5 Å². The van der Waals surface area contributed by atoms with Crippen molar-refractivity contribution in [3.63, 3.8) is 0 Å². The van der Waals surface area contributed by atoms with Crippen molar-refractivity contribution in [3.8, 4) is 16.9 Å². The molecule has 0 bridgehead atoms. The van der Waals surface area contributed by atoms with E-state index >= 15 is 0 Å². The van der Waals surface area contributed by atoms with Crippen LogP contribution in [0.4, 0.5) is 11.4 Å². The molecule has 3 aromatic carbocycles. The lowest BCUT2D eigenvalue weighted by atomic mass is 9.95. The first-order valence-electron chi connectivity index (χ1n) is 10.1. The summed E-state index contributed by atoms with van der Waals surface area (Å²) in [5.41, 5.74) is 15.6. The van der Waals surface area contributed by atoms with E-state index in [2.05, 4.69) is 10.6 Å². The fraction of sp³-hybridized carbons (Fsp3) is 0.167. The third kappa shape index (κ3) is 5.31. The van der Waals surface area contributed by atoms with Crippen molar-refractivity contribution in [2.45, 2.75) is 19.9 Å². The van der Waals surface area contributed by atoms with Gasteiger partial charge in [0.1, 0.15) is 11.6 Å². The molecule has 0 fully saturated rings. The van der Waals surface area contributed by atoms with Gasteiger partial charge in [-0.05, 0) is 36.2 Å². The Labute approximate surface area is 191 Å². The number of hydrogen-bond acceptors (Lipinski definition) is 5. The van der Waals surface area contributed by atoms with Crippen molar-refractivity contribution in [1.29, 1.82) is 5.41 Å².